The Balaban J connectivity index is 1.99. The largest absolute Gasteiger partial charge is 0.481 e. The second-order valence-electron chi connectivity index (χ2n) is 8.19. The molecule has 1 unspecified atom stereocenters. The highest BCUT2D eigenvalue weighted by atomic mass is 16.4. The van der Waals surface area contributed by atoms with Crippen molar-refractivity contribution in [3.8, 4) is 0 Å². The van der Waals surface area contributed by atoms with Crippen LogP contribution in [-0.2, 0) is 28.8 Å². The van der Waals surface area contributed by atoms with E-state index in [9.17, 15) is 33.6 Å². The first kappa shape index (κ1) is 26.7. The zero-order valence-corrected chi connectivity index (χ0v) is 19.7. The molecule has 192 valence electrons. The van der Waals surface area contributed by atoms with Gasteiger partial charge in [0.2, 0.25) is 11.7 Å². The fraction of sp³-hybridized carbons (Fsp3) is 0.240. The summed E-state index contributed by atoms with van der Waals surface area (Å²) in [6.45, 7) is 0.0307. The molecule has 0 saturated heterocycles. The molecule has 3 rings (SSSR count). The highest BCUT2D eigenvalue weighted by Crippen LogP contribution is 2.33. The summed E-state index contributed by atoms with van der Waals surface area (Å²) in [5, 5.41) is 13.7. The molecule has 3 N–H and O–H groups in total. The van der Waals surface area contributed by atoms with Crippen molar-refractivity contribution in [1.29, 1.82) is 0 Å². The van der Waals surface area contributed by atoms with Gasteiger partial charge in [0.15, 0.2) is 0 Å². The fourth-order valence-electron chi connectivity index (χ4n) is 3.79. The standard InChI is InChI=1S/C25H24N4O8/c1-15(31)24(36)28-12-18(27-23(35)16-7-3-2-4-8-16)25(37)29(20-10-6-5-9-19(20)28)13-21(32)26-17(14-30)11-22(33)34/h2-10,14,17-18H,11-13H2,1H3,(H,26,32)(H,27,35)(H,33,34)/t17-,18?/m0/s1. The first-order chi connectivity index (χ1) is 17.6. The average molecular weight is 508 g/mol. The van der Waals surface area contributed by atoms with Crippen LogP contribution in [0.2, 0.25) is 0 Å². The summed E-state index contributed by atoms with van der Waals surface area (Å²) in [6, 6.07) is 11.4. The van der Waals surface area contributed by atoms with Crippen molar-refractivity contribution in [2.45, 2.75) is 25.4 Å². The smallest absolute Gasteiger partial charge is 0.305 e. The molecule has 2 aromatic rings. The molecule has 2 atom stereocenters. The number of nitrogens with one attached hydrogen (secondary N) is 2. The van der Waals surface area contributed by atoms with Crippen LogP contribution in [0.4, 0.5) is 11.4 Å². The number of para-hydroxylation sites is 2. The zero-order valence-electron chi connectivity index (χ0n) is 19.7. The third-order valence-corrected chi connectivity index (χ3v) is 5.49. The second kappa shape index (κ2) is 11.7. The van der Waals surface area contributed by atoms with Gasteiger partial charge in [-0.15, -0.1) is 0 Å². The Morgan fingerprint density at radius 3 is 2.24 bits per heavy atom. The van der Waals surface area contributed by atoms with E-state index in [1.807, 2.05) is 0 Å². The van der Waals surface area contributed by atoms with E-state index >= 15 is 0 Å². The van der Waals surface area contributed by atoms with Gasteiger partial charge in [0.05, 0.1) is 30.4 Å². The highest BCUT2D eigenvalue weighted by Gasteiger charge is 2.38. The van der Waals surface area contributed by atoms with E-state index in [0.29, 0.717) is 0 Å². The lowest BCUT2D eigenvalue weighted by Crippen LogP contribution is -2.55. The number of fused-ring (bicyclic) bond motifs is 1. The molecular formula is C25H24N4O8. The fourth-order valence-corrected chi connectivity index (χ4v) is 3.79. The van der Waals surface area contributed by atoms with Crippen LogP contribution in [0.15, 0.2) is 54.6 Å². The first-order valence-corrected chi connectivity index (χ1v) is 11.2. The van der Waals surface area contributed by atoms with Crippen LogP contribution in [-0.4, -0.2) is 71.9 Å². The molecule has 1 heterocycles. The van der Waals surface area contributed by atoms with Crippen LogP contribution >= 0.6 is 0 Å². The lowest BCUT2D eigenvalue weighted by Gasteiger charge is -2.25. The Morgan fingerprint density at radius 1 is 1.03 bits per heavy atom. The van der Waals surface area contributed by atoms with E-state index in [4.69, 9.17) is 5.11 Å². The first-order valence-electron chi connectivity index (χ1n) is 11.2. The molecule has 12 nitrogen and oxygen atoms in total. The van der Waals surface area contributed by atoms with Crippen LogP contribution < -0.4 is 20.4 Å². The molecule has 0 aliphatic carbocycles. The molecule has 0 saturated carbocycles. The number of carboxylic acids is 1. The van der Waals surface area contributed by atoms with Crippen LogP contribution in [0.1, 0.15) is 23.7 Å². The summed E-state index contributed by atoms with van der Waals surface area (Å²) < 4.78 is 0. The minimum absolute atomic E-state index is 0.106. The van der Waals surface area contributed by atoms with Crippen molar-refractivity contribution in [1.82, 2.24) is 10.6 Å². The minimum atomic E-state index is -1.35. The summed E-state index contributed by atoms with van der Waals surface area (Å²) in [5.41, 5.74) is 0.501. The van der Waals surface area contributed by atoms with Gasteiger partial charge in [-0.05, 0) is 24.3 Å². The quantitative estimate of drug-likeness (QED) is 0.312. The number of carbonyl (C=O) groups excluding carboxylic acids is 6. The number of Topliss-reactive ketones (excluding diaryl/α,β-unsaturated/α-hetero) is 1. The molecule has 37 heavy (non-hydrogen) atoms. The van der Waals surface area contributed by atoms with E-state index in [-0.39, 0.29) is 29.8 Å². The SMILES string of the molecule is CC(=O)C(=O)N1CC(NC(=O)c2ccccc2)C(=O)N(CC(=O)N[C@H](C=O)CC(=O)O)c2ccccc21. The molecule has 1 aliphatic heterocycles. The molecule has 0 spiro atoms. The minimum Gasteiger partial charge on any atom is -0.481 e. The number of amides is 4. The lowest BCUT2D eigenvalue weighted by atomic mass is 10.1. The van der Waals surface area contributed by atoms with Gasteiger partial charge in [-0.3, -0.25) is 33.7 Å². The van der Waals surface area contributed by atoms with Crippen LogP contribution in [0.5, 0.6) is 0 Å². The van der Waals surface area contributed by atoms with Gasteiger partial charge in [0, 0.05) is 12.5 Å². The number of ketones is 1. The molecule has 0 bridgehead atoms. The molecular weight excluding hydrogens is 484 g/mol. The Bertz CT molecular complexity index is 1250. The summed E-state index contributed by atoms with van der Waals surface area (Å²) in [4.78, 5) is 88.2. The number of nitrogens with zero attached hydrogens (tertiary/aromatic N) is 2. The van der Waals surface area contributed by atoms with E-state index in [1.54, 1.807) is 30.3 Å². The zero-order chi connectivity index (χ0) is 27.1. The number of carbonyl (C=O) groups is 7. The van der Waals surface area contributed by atoms with E-state index < -0.39 is 60.4 Å². The molecule has 2 aromatic carbocycles. The van der Waals surface area contributed by atoms with E-state index in [0.717, 1.165) is 16.7 Å². The van der Waals surface area contributed by atoms with Gasteiger partial charge in [-0.1, -0.05) is 30.3 Å². The molecule has 0 radical (unpaired) electrons. The predicted molar refractivity (Wildman–Crippen MR) is 130 cm³/mol. The maximum absolute atomic E-state index is 13.6. The van der Waals surface area contributed by atoms with Crippen molar-refractivity contribution in [2.24, 2.45) is 0 Å². The maximum Gasteiger partial charge on any atom is 0.305 e. The molecule has 1 aliphatic rings. The maximum atomic E-state index is 13.6. The monoisotopic (exact) mass is 508 g/mol. The summed E-state index contributed by atoms with van der Waals surface area (Å²) in [7, 11) is 0. The van der Waals surface area contributed by atoms with Crippen LogP contribution in [0, 0.1) is 0 Å². The van der Waals surface area contributed by atoms with Crippen molar-refractivity contribution >= 4 is 53.0 Å². The molecule has 0 fully saturated rings. The number of carboxylic acid groups (broad SMARTS) is 1. The van der Waals surface area contributed by atoms with Crippen molar-refractivity contribution < 1.29 is 38.7 Å². The number of hydrogen-bond donors (Lipinski definition) is 3. The van der Waals surface area contributed by atoms with E-state index in [2.05, 4.69) is 10.6 Å². The Labute approximate surface area is 211 Å². The predicted octanol–water partition coefficient (Wildman–Crippen LogP) is -0.0878. The Morgan fingerprint density at radius 2 is 1.65 bits per heavy atom. The van der Waals surface area contributed by atoms with Crippen molar-refractivity contribution in [3.05, 3.63) is 60.2 Å². The summed E-state index contributed by atoms with van der Waals surface area (Å²) in [6.07, 6.45) is -0.392. The van der Waals surface area contributed by atoms with Gasteiger partial charge in [0.1, 0.15) is 18.9 Å². The van der Waals surface area contributed by atoms with E-state index in [1.165, 1.54) is 24.3 Å². The normalized spacial score (nSPS) is 15.6. The highest BCUT2D eigenvalue weighted by molar-refractivity contribution is 6.41. The van der Waals surface area contributed by atoms with Gasteiger partial charge in [0.25, 0.3) is 17.7 Å². The van der Waals surface area contributed by atoms with Crippen molar-refractivity contribution in [3.63, 3.8) is 0 Å². The second-order valence-corrected chi connectivity index (χ2v) is 8.19. The van der Waals surface area contributed by atoms with Crippen molar-refractivity contribution in [2.75, 3.05) is 22.9 Å². The van der Waals surface area contributed by atoms with Gasteiger partial charge in [-0.25, -0.2) is 0 Å². The molecule has 0 aromatic heterocycles. The number of aliphatic carboxylic acids is 1. The van der Waals surface area contributed by atoms with Crippen LogP contribution in [0.3, 0.4) is 0 Å². The van der Waals surface area contributed by atoms with Crippen LogP contribution in [0.25, 0.3) is 0 Å². The summed E-state index contributed by atoms with van der Waals surface area (Å²) in [5.74, 6) is -5.26. The molecule has 4 amide bonds. The third kappa shape index (κ3) is 6.42. The number of hydrogen-bond acceptors (Lipinski definition) is 7. The van der Waals surface area contributed by atoms with Gasteiger partial charge in [-0.2, -0.15) is 0 Å². The average Bonchev–Trinajstić information content (AvgIpc) is 2.98. The van der Waals surface area contributed by atoms with Gasteiger partial charge >= 0.3 is 5.97 Å². The Hall–Kier alpha value is -4.87. The number of rotatable bonds is 9. The Kier molecular flexibility index (Phi) is 8.46. The molecule has 12 heteroatoms. The van der Waals surface area contributed by atoms with Gasteiger partial charge < -0.3 is 25.4 Å². The lowest BCUT2D eigenvalue weighted by molar-refractivity contribution is -0.139. The third-order valence-electron chi connectivity index (χ3n) is 5.49. The summed E-state index contributed by atoms with van der Waals surface area (Å²) >= 11 is 0. The number of anilines is 2. The number of aldehydes is 1. The topological polar surface area (TPSA) is 170 Å². The number of benzene rings is 2.